The topological polar surface area (TPSA) is 9.72 Å². The Bertz CT molecular complexity index is 4100. The standard InChI is InChI=1S/C79H69N3/c1-50-23-30-60(31-24-50)82-75-22-16-15-21-71(75)79(74-47-51(2)25-40-76(74)82,56-26-32-58(33-27-56)80(63-43-52(3)41-53(4)44-63)61-36-38-67-65-17-11-13-19-69(65)77(7,8)72(67)48-61)57-28-34-59(35-29-57)81(64-45-54(5)42-55(6)46-64)62-37-39-68-66-18-12-14-20-70(66)78(9,10)73(68)49-62/h11-49H,1-10H3. The summed E-state index contributed by atoms with van der Waals surface area (Å²) in [5.41, 5.74) is 32.2. The first kappa shape index (κ1) is 51.0. The lowest BCUT2D eigenvalue weighted by atomic mass is 9.62. The Kier molecular flexibility index (Phi) is 11.8. The third-order valence-electron chi connectivity index (χ3n) is 18.3. The Labute approximate surface area is 485 Å². The maximum atomic E-state index is 2.48. The second kappa shape index (κ2) is 19.0. The van der Waals surface area contributed by atoms with Gasteiger partial charge in [-0.15, -0.1) is 0 Å². The minimum atomic E-state index is -0.738. The summed E-state index contributed by atoms with van der Waals surface area (Å²) < 4.78 is 0. The van der Waals surface area contributed by atoms with Gasteiger partial charge in [-0.05, 0) is 228 Å². The van der Waals surface area contributed by atoms with Gasteiger partial charge in [-0.1, -0.05) is 178 Å². The van der Waals surface area contributed by atoms with Crippen LogP contribution in [0, 0.1) is 41.5 Å². The van der Waals surface area contributed by atoms with Crippen LogP contribution in [-0.2, 0) is 16.2 Å². The van der Waals surface area contributed by atoms with Gasteiger partial charge in [0.1, 0.15) is 0 Å². The van der Waals surface area contributed by atoms with E-state index in [0.29, 0.717) is 0 Å². The third kappa shape index (κ3) is 7.92. The van der Waals surface area contributed by atoms with Crippen LogP contribution in [0.15, 0.2) is 237 Å². The molecule has 1 heterocycles. The van der Waals surface area contributed by atoms with E-state index in [1.54, 1.807) is 0 Å². The third-order valence-corrected chi connectivity index (χ3v) is 18.3. The molecule has 0 amide bonds. The predicted molar refractivity (Wildman–Crippen MR) is 346 cm³/mol. The number of benzene rings is 11. The molecular weight excluding hydrogens is 991 g/mol. The molecule has 0 radical (unpaired) electrons. The van der Waals surface area contributed by atoms with Crippen molar-refractivity contribution < 1.29 is 0 Å². The zero-order valence-electron chi connectivity index (χ0n) is 48.9. The second-order valence-corrected chi connectivity index (χ2v) is 24.7. The van der Waals surface area contributed by atoms with Gasteiger partial charge in [0.2, 0.25) is 0 Å². The van der Waals surface area contributed by atoms with Crippen LogP contribution in [-0.4, -0.2) is 0 Å². The molecule has 0 atom stereocenters. The van der Waals surface area contributed by atoms with Gasteiger partial charge < -0.3 is 14.7 Å². The average molecular weight is 1060 g/mol. The number of hydrogen-bond donors (Lipinski definition) is 0. The van der Waals surface area contributed by atoms with Gasteiger partial charge >= 0.3 is 0 Å². The molecule has 14 rings (SSSR count). The number of hydrogen-bond acceptors (Lipinski definition) is 3. The number of nitrogens with zero attached hydrogens (tertiary/aromatic N) is 3. The summed E-state index contributed by atoms with van der Waals surface area (Å²) in [5, 5.41) is 0. The van der Waals surface area contributed by atoms with Crippen LogP contribution in [0.2, 0.25) is 0 Å². The van der Waals surface area contributed by atoms with Crippen LogP contribution in [0.5, 0.6) is 0 Å². The summed E-state index contributed by atoms with van der Waals surface area (Å²) in [7, 11) is 0. The number of anilines is 9. The Morgan fingerprint density at radius 2 is 0.659 bits per heavy atom. The van der Waals surface area contributed by atoms with E-state index in [1.807, 2.05) is 0 Å². The molecule has 3 aliphatic rings. The molecule has 3 heteroatoms. The molecule has 11 aromatic rings. The van der Waals surface area contributed by atoms with Crippen molar-refractivity contribution in [1.82, 2.24) is 0 Å². The van der Waals surface area contributed by atoms with Crippen molar-refractivity contribution in [2.45, 2.75) is 85.5 Å². The van der Waals surface area contributed by atoms with E-state index in [1.165, 1.54) is 106 Å². The van der Waals surface area contributed by atoms with Crippen molar-refractivity contribution in [3.05, 3.63) is 314 Å². The average Bonchev–Trinajstić information content (AvgIpc) is 3.19. The molecule has 0 bridgehead atoms. The zero-order chi connectivity index (χ0) is 56.4. The number of para-hydroxylation sites is 1. The first-order chi connectivity index (χ1) is 39.6. The summed E-state index contributed by atoms with van der Waals surface area (Å²) in [4.78, 5) is 7.42. The molecule has 0 aromatic heterocycles. The molecule has 400 valence electrons. The second-order valence-electron chi connectivity index (χ2n) is 24.7. The fourth-order valence-electron chi connectivity index (χ4n) is 14.6. The Hall–Kier alpha value is -9.18. The van der Waals surface area contributed by atoms with E-state index in [2.05, 4.69) is 321 Å². The molecule has 0 saturated carbocycles. The van der Waals surface area contributed by atoms with Gasteiger partial charge in [-0.3, -0.25) is 0 Å². The summed E-state index contributed by atoms with van der Waals surface area (Å²) in [5.74, 6) is 0. The molecule has 3 nitrogen and oxygen atoms in total. The van der Waals surface area contributed by atoms with Gasteiger partial charge in [0.25, 0.3) is 0 Å². The number of aryl methyl sites for hydroxylation is 6. The summed E-state index contributed by atoms with van der Waals surface area (Å²) >= 11 is 0. The van der Waals surface area contributed by atoms with Crippen molar-refractivity contribution in [2.24, 2.45) is 0 Å². The van der Waals surface area contributed by atoms with E-state index in [-0.39, 0.29) is 10.8 Å². The highest BCUT2D eigenvalue weighted by atomic mass is 15.2. The maximum Gasteiger partial charge on any atom is 0.0742 e. The van der Waals surface area contributed by atoms with Crippen molar-refractivity contribution >= 4 is 51.2 Å². The lowest BCUT2D eigenvalue weighted by molar-refractivity contribution is 0.660. The van der Waals surface area contributed by atoms with Gasteiger partial charge in [0.05, 0.1) is 16.8 Å². The van der Waals surface area contributed by atoms with Crippen LogP contribution in [0.1, 0.15) is 106 Å². The fraction of sp³-hybridized carbons (Fsp3) is 0.165. The molecule has 0 spiro atoms. The van der Waals surface area contributed by atoms with E-state index in [9.17, 15) is 0 Å². The molecule has 0 saturated heterocycles. The summed E-state index contributed by atoms with van der Waals surface area (Å²) in [6.07, 6.45) is 0. The SMILES string of the molecule is Cc1ccc(N2c3ccccc3C(c3ccc(N(c4cc(C)cc(C)c4)c4ccc5c(c4)C(C)(C)c4ccccc4-5)cc3)(c3ccc(N(c4cc(C)cc(C)c4)c4ccc5c(c4)C(C)(C)c4ccccc4-5)cc3)c3cc(C)ccc32)cc1. The normalized spacial score (nSPS) is 14.5. The molecule has 82 heavy (non-hydrogen) atoms. The van der Waals surface area contributed by atoms with Gasteiger partial charge in [0, 0.05) is 50.6 Å². The lowest BCUT2D eigenvalue weighted by Gasteiger charge is -2.47. The minimum Gasteiger partial charge on any atom is -0.310 e. The van der Waals surface area contributed by atoms with Crippen molar-refractivity contribution in [3.63, 3.8) is 0 Å². The molecule has 2 aliphatic carbocycles. The minimum absolute atomic E-state index is 0.144. The maximum absolute atomic E-state index is 2.48. The largest absolute Gasteiger partial charge is 0.310 e. The van der Waals surface area contributed by atoms with Crippen molar-refractivity contribution in [2.75, 3.05) is 14.7 Å². The molecule has 1 aliphatic heterocycles. The molecule has 0 fully saturated rings. The summed E-state index contributed by atoms with van der Waals surface area (Å²) in [6, 6.07) is 90.4. The Morgan fingerprint density at radius 1 is 0.268 bits per heavy atom. The summed E-state index contributed by atoms with van der Waals surface area (Å²) in [6.45, 7) is 22.7. The molecule has 0 N–H and O–H groups in total. The van der Waals surface area contributed by atoms with E-state index in [4.69, 9.17) is 0 Å². The van der Waals surface area contributed by atoms with E-state index < -0.39 is 5.41 Å². The molecular formula is C79H69N3. The quantitative estimate of drug-likeness (QED) is 0.143. The highest BCUT2D eigenvalue weighted by Gasteiger charge is 2.47. The monoisotopic (exact) mass is 1060 g/mol. The Morgan fingerprint density at radius 3 is 1.13 bits per heavy atom. The van der Waals surface area contributed by atoms with Gasteiger partial charge in [-0.25, -0.2) is 0 Å². The van der Waals surface area contributed by atoms with Gasteiger partial charge in [-0.2, -0.15) is 0 Å². The Balaban J connectivity index is 0.974. The van der Waals surface area contributed by atoms with Crippen LogP contribution in [0.25, 0.3) is 22.3 Å². The fourth-order valence-corrected chi connectivity index (χ4v) is 14.6. The first-order valence-electron chi connectivity index (χ1n) is 29.1. The van der Waals surface area contributed by atoms with E-state index in [0.717, 1.165) is 45.5 Å². The molecule has 11 aromatic carbocycles. The highest BCUT2D eigenvalue weighted by Crippen LogP contribution is 2.59. The van der Waals surface area contributed by atoms with Crippen molar-refractivity contribution in [3.8, 4) is 22.3 Å². The number of fused-ring (bicyclic) bond motifs is 8. The van der Waals surface area contributed by atoms with Crippen LogP contribution in [0.3, 0.4) is 0 Å². The van der Waals surface area contributed by atoms with Gasteiger partial charge in [0.15, 0.2) is 0 Å². The molecule has 0 unspecified atom stereocenters. The van der Waals surface area contributed by atoms with Crippen LogP contribution in [0.4, 0.5) is 51.2 Å². The van der Waals surface area contributed by atoms with Crippen molar-refractivity contribution in [1.29, 1.82) is 0 Å². The lowest BCUT2D eigenvalue weighted by Crippen LogP contribution is -2.38. The smallest absolute Gasteiger partial charge is 0.0742 e. The van der Waals surface area contributed by atoms with E-state index >= 15 is 0 Å². The number of rotatable bonds is 9. The zero-order valence-corrected chi connectivity index (χ0v) is 48.9. The van der Waals surface area contributed by atoms with Crippen LogP contribution < -0.4 is 14.7 Å². The van der Waals surface area contributed by atoms with Crippen LogP contribution >= 0.6 is 0 Å². The first-order valence-corrected chi connectivity index (χ1v) is 29.1. The predicted octanol–water partition coefficient (Wildman–Crippen LogP) is 21.3. The highest BCUT2D eigenvalue weighted by molar-refractivity contribution is 5.92.